The average molecular weight is 718 g/mol. The van der Waals surface area contributed by atoms with Gasteiger partial charge in [-0.15, -0.1) is 16.0 Å². The van der Waals surface area contributed by atoms with Gasteiger partial charge in [0, 0.05) is 53.3 Å². The number of anilines is 1. The molecule has 0 spiro atoms. The predicted molar refractivity (Wildman–Crippen MR) is 181 cm³/mol. The largest absolute Gasteiger partial charge is 0.460 e. The van der Waals surface area contributed by atoms with Crippen molar-refractivity contribution in [1.82, 2.24) is 25.1 Å². The van der Waals surface area contributed by atoms with E-state index in [1.54, 1.807) is 62.7 Å². The number of amides is 1. The van der Waals surface area contributed by atoms with Crippen molar-refractivity contribution >= 4 is 29.2 Å². The van der Waals surface area contributed by atoms with E-state index in [0.29, 0.717) is 21.8 Å². The fraction of sp³-hybridized carbons (Fsp3) is 0.286. The van der Waals surface area contributed by atoms with Crippen molar-refractivity contribution < 1.29 is 37.5 Å². The Morgan fingerprint density at radius 3 is 2.69 bits per heavy atom. The van der Waals surface area contributed by atoms with Crippen LogP contribution in [-0.2, 0) is 33.0 Å². The SMILES string of the molecule is CNCC(=O)OCc1cccnc1N(C)C(=O)O[C@H](C)[n+]1cnn(CC(O)(c2cc(F)ccc2F)[C@@H](C)c2nc(-c3ccc(C#N)cc3)cs2)c1. The van der Waals surface area contributed by atoms with Gasteiger partial charge in [0.2, 0.25) is 12.6 Å². The van der Waals surface area contributed by atoms with Gasteiger partial charge in [-0.3, -0.25) is 9.69 Å². The molecule has 0 aliphatic rings. The Labute approximate surface area is 296 Å². The Hall–Kier alpha value is -5.63. The van der Waals surface area contributed by atoms with Crippen molar-refractivity contribution in [3.63, 3.8) is 0 Å². The molecule has 0 radical (unpaired) electrons. The summed E-state index contributed by atoms with van der Waals surface area (Å²) in [4.78, 5) is 35.1. The molecule has 0 fully saturated rings. The van der Waals surface area contributed by atoms with Crippen LogP contribution in [0.15, 0.2) is 78.8 Å². The highest BCUT2D eigenvalue weighted by Crippen LogP contribution is 2.41. The van der Waals surface area contributed by atoms with Gasteiger partial charge in [0.15, 0.2) is 0 Å². The minimum Gasteiger partial charge on any atom is -0.460 e. The van der Waals surface area contributed by atoms with Crippen LogP contribution in [0.1, 0.15) is 47.7 Å². The summed E-state index contributed by atoms with van der Waals surface area (Å²) in [5.74, 6) is -2.64. The van der Waals surface area contributed by atoms with E-state index in [-0.39, 0.29) is 31.1 Å². The van der Waals surface area contributed by atoms with Crippen LogP contribution in [0.2, 0.25) is 0 Å². The minimum atomic E-state index is -2.04. The molecular formula is C35H35F2N8O5S+. The lowest BCUT2D eigenvalue weighted by Gasteiger charge is -2.32. The number of esters is 1. The highest BCUT2D eigenvalue weighted by Gasteiger charge is 2.43. The molecule has 5 rings (SSSR count). The summed E-state index contributed by atoms with van der Waals surface area (Å²) in [7, 11) is 3.08. The predicted octanol–water partition coefficient (Wildman–Crippen LogP) is 4.58. The molecule has 2 aromatic carbocycles. The number of ether oxygens (including phenoxy) is 2. The van der Waals surface area contributed by atoms with Crippen LogP contribution in [0, 0.1) is 23.0 Å². The van der Waals surface area contributed by atoms with Crippen LogP contribution in [0.3, 0.4) is 0 Å². The number of rotatable bonds is 13. The lowest BCUT2D eigenvalue weighted by Crippen LogP contribution is -2.42. The standard InChI is InChI=1S/C35H35F2N8O5S/c1-22(33-42-30(18-51-33)25-9-7-24(15-38)8-10-25)35(48,28-14-27(36)11-12-29(28)37)19-45-21-44(20-41-45)23(2)50-34(47)43(4)32-26(6-5-13-40-32)17-49-31(46)16-39-3/h5-14,18,20-23,39,48H,16-17,19H2,1-4H3/q+1/t22-,23+,35?/m0/s1. The Kier molecular flexibility index (Phi) is 11.4. The summed E-state index contributed by atoms with van der Waals surface area (Å²) in [6.45, 7) is 2.85. The van der Waals surface area contributed by atoms with Crippen molar-refractivity contribution in [3.05, 3.63) is 112 Å². The van der Waals surface area contributed by atoms with E-state index in [4.69, 9.17) is 19.7 Å². The second kappa shape index (κ2) is 15.9. The number of thiazole rings is 1. The number of aliphatic hydroxyl groups is 1. The number of benzene rings is 2. The molecular weight excluding hydrogens is 682 g/mol. The molecule has 0 bridgehead atoms. The molecule has 1 amide bonds. The van der Waals surface area contributed by atoms with Gasteiger partial charge >= 0.3 is 12.1 Å². The van der Waals surface area contributed by atoms with Crippen molar-refractivity contribution in [3.8, 4) is 17.3 Å². The van der Waals surface area contributed by atoms with E-state index in [9.17, 15) is 19.1 Å². The number of carbonyl (C=O) groups excluding carboxylic acids is 2. The molecule has 3 heterocycles. The quantitative estimate of drug-likeness (QED) is 0.130. The summed E-state index contributed by atoms with van der Waals surface area (Å²) < 4.78 is 43.5. The van der Waals surface area contributed by atoms with Crippen LogP contribution in [0.25, 0.3) is 11.3 Å². The van der Waals surface area contributed by atoms with Crippen LogP contribution in [0.4, 0.5) is 19.4 Å². The Morgan fingerprint density at radius 1 is 1.20 bits per heavy atom. The molecule has 16 heteroatoms. The molecule has 1 unspecified atom stereocenters. The number of halogens is 2. The van der Waals surface area contributed by atoms with Crippen LogP contribution < -0.4 is 14.8 Å². The van der Waals surface area contributed by atoms with Crippen LogP contribution in [-0.4, -0.2) is 57.6 Å². The smallest absolute Gasteiger partial charge is 0.418 e. The molecule has 3 aromatic heterocycles. The zero-order valence-corrected chi connectivity index (χ0v) is 29.0. The van der Waals surface area contributed by atoms with E-state index in [2.05, 4.69) is 21.5 Å². The van der Waals surface area contributed by atoms with Gasteiger partial charge in [0.1, 0.15) is 36.2 Å². The van der Waals surface area contributed by atoms with Gasteiger partial charge in [-0.1, -0.05) is 25.1 Å². The molecule has 2 N–H and O–H groups in total. The number of pyridine rings is 1. The molecule has 0 aliphatic heterocycles. The third-order valence-corrected chi connectivity index (χ3v) is 9.20. The van der Waals surface area contributed by atoms with Gasteiger partial charge in [0.25, 0.3) is 6.33 Å². The van der Waals surface area contributed by atoms with Crippen molar-refractivity contribution in [2.45, 2.75) is 44.7 Å². The first-order valence-corrected chi connectivity index (χ1v) is 16.6. The average Bonchev–Trinajstić information content (AvgIpc) is 3.82. The highest BCUT2D eigenvalue weighted by atomic mass is 32.1. The van der Waals surface area contributed by atoms with E-state index >= 15 is 4.39 Å². The number of likely N-dealkylation sites (N-methyl/N-ethyl adjacent to an activating group) is 1. The van der Waals surface area contributed by atoms with Crippen LogP contribution >= 0.6 is 11.3 Å². The molecule has 0 saturated heterocycles. The minimum absolute atomic E-state index is 0.0229. The Bertz CT molecular complexity index is 2050. The number of carbonyl (C=O) groups is 2. The van der Waals surface area contributed by atoms with E-state index < -0.39 is 41.4 Å². The Balaban J connectivity index is 1.35. The number of nitriles is 1. The maximum absolute atomic E-state index is 15.3. The number of nitrogens with zero attached hydrogens (tertiary/aromatic N) is 7. The second-order valence-electron chi connectivity index (χ2n) is 11.6. The molecule has 0 saturated carbocycles. The first kappa shape index (κ1) is 36.6. The second-order valence-corrected chi connectivity index (χ2v) is 12.5. The topological polar surface area (TPSA) is 159 Å². The van der Waals surface area contributed by atoms with E-state index in [0.717, 1.165) is 23.8 Å². The highest BCUT2D eigenvalue weighted by molar-refractivity contribution is 7.10. The molecule has 51 heavy (non-hydrogen) atoms. The van der Waals surface area contributed by atoms with Gasteiger partial charge in [-0.2, -0.15) is 9.83 Å². The number of aromatic nitrogens is 5. The summed E-state index contributed by atoms with van der Waals surface area (Å²) in [6.07, 6.45) is 2.65. The normalized spacial score (nSPS) is 13.5. The van der Waals surface area contributed by atoms with Gasteiger partial charge in [-0.05, 0) is 43.4 Å². The lowest BCUT2D eigenvalue weighted by molar-refractivity contribution is -0.753. The van der Waals surface area contributed by atoms with Crippen molar-refractivity contribution in [2.75, 3.05) is 25.5 Å². The van der Waals surface area contributed by atoms with Gasteiger partial charge < -0.3 is 19.9 Å². The summed E-state index contributed by atoms with van der Waals surface area (Å²) in [5.41, 5.74) is 0.000750. The fourth-order valence-electron chi connectivity index (χ4n) is 5.25. The van der Waals surface area contributed by atoms with Gasteiger partial charge in [-0.25, -0.2) is 23.5 Å². The van der Waals surface area contributed by atoms with Crippen molar-refractivity contribution in [2.24, 2.45) is 0 Å². The molecule has 3 atom stereocenters. The van der Waals surface area contributed by atoms with Gasteiger partial charge in [0.05, 0.1) is 28.9 Å². The summed E-state index contributed by atoms with van der Waals surface area (Å²) >= 11 is 1.25. The zero-order valence-electron chi connectivity index (χ0n) is 28.2. The first-order chi connectivity index (χ1) is 24.4. The summed E-state index contributed by atoms with van der Waals surface area (Å²) in [5, 5.41) is 30.6. The monoisotopic (exact) mass is 717 g/mol. The summed E-state index contributed by atoms with van der Waals surface area (Å²) in [6, 6.07) is 15.1. The fourth-order valence-corrected chi connectivity index (χ4v) is 6.22. The molecule has 264 valence electrons. The third-order valence-electron chi connectivity index (χ3n) is 8.18. The molecule has 13 nitrogen and oxygen atoms in total. The lowest BCUT2D eigenvalue weighted by atomic mass is 9.82. The number of nitrogens with one attached hydrogen (secondary N) is 1. The molecule has 0 aliphatic carbocycles. The van der Waals surface area contributed by atoms with Crippen molar-refractivity contribution in [1.29, 1.82) is 5.26 Å². The molecule has 5 aromatic rings. The maximum atomic E-state index is 15.3. The zero-order chi connectivity index (χ0) is 36.7. The Morgan fingerprint density at radius 2 is 1.96 bits per heavy atom. The van der Waals surface area contributed by atoms with Crippen LogP contribution in [0.5, 0.6) is 0 Å². The number of hydrogen-bond donors (Lipinski definition) is 2. The first-order valence-electron chi connectivity index (χ1n) is 15.7. The van der Waals surface area contributed by atoms with E-state index in [1.807, 2.05) is 0 Å². The maximum Gasteiger partial charge on any atom is 0.418 e. The number of hydrogen-bond acceptors (Lipinski definition) is 11. The third kappa shape index (κ3) is 8.40. The van der Waals surface area contributed by atoms with E-state index in [1.165, 1.54) is 51.4 Å².